The fourth-order valence-corrected chi connectivity index (χ4v) is 5.09. The molecule has 2 heteroatoms. The van der Waals surface area contributed by atoms with Crippen LogP contribution in [0.1, 0.15) is 188 Å². The Hall–Kier alpha value is -0.530. The summed E-state index contributed by atoms with van der Waals surface area (Å²) in [6, 6.07) is 0. The lowest BCUT2D eigenvalue weighted by molar-refractivity contribution is -0.142. The molecule has 0 heterocycles. The van der Waals surface area contributed by atoms with E-state index in [1.807, 2.05) is 0 Å². The van der Waals surface area contributed by atoms with Crippen LogP contribution in [-0.2, 0) is 9.53 Å². The second-order valence-corrected chi connectivity index (χ2v) is 11.0. The van der Waals surface area contributed by atoms with Gasteiger partial charge in [0.2, 0.25) is 0 Å². The minimum atomic E-state index is -0.123. The maximum Gasteiger partial charge on any atom is 0.302 e. The molecular weight excluding hydrogens is 416 g/mol. The van der Waals surface area contributed by atoms with Crippen LogP contribution in [0.5, 0.6) is 0 Å². The number of unbranched alkanes of at least 4 members (excludes halogenated alkanes) is 22. The van der Waals surface area contributed by atoms with Crippen molar-refractivity contribution in [3.63, 3.8) is 0 Å². The Morgan fingerprint density at radius 1 is 0.471 bits per heavy atom. The normalized spacial score (nSPS) is 12.2. The molecular formula is C32H64O2. The highest BCUT2D eigenvalue weighted by atomic mass is 16.5. The van der Waals surface area contributed by atoms with Crippen molar-refractivity contribution in [3.8, 4) is 0 Å². The molecule has 34 heavy (non-hydrogen) atoms. The molecule has 0 aliphatic heterocycles. The Kier molecular flexibility index (Phi) is 28.3. The third kappa shape index (κ3) is 27.7. The molecule has 204 valence electrons. The van der Waals surface area contributed by atoms with Gasteiger partial charge in [0.05, 0.1) is 6.61 Å². The Bertz CT molecular complexity index is 392. The molecule has 0 saturated heterocycles. The Morgan fingerprint density at radius 2 is 0.735 bits per heavy atom. The molecule has 0 radical (unpaired) electrons. The summed E-state index contributed by atoms with van der Waals surface area (Å²) in [5.41, 5.74) is 0. The van der Waals surface area contributed by atoms with Gasteiger partial charge in [-0.3, -0.25) is 4.79 Å². The van der Waals surface area contributed by atoms with Crippen LogP contribution in [0.3, 0.4) is 0 Å². The Morgan fingerprint density at radius 3 is 1.03 bits per heavy atom. The van der Waals surface area contributed by atoms with E-state index in [1.165, 1.54) is 174 Å². The zero-order chi connectivity index (χ0) is 25.0. The second-order valence-electron chi connectivity index (χ2n) is 11.0. The first kappa shape index (κ1) is 33.5. The molecule has 1 atom stereocenters. The quantitative estimate of drug-likeness (QED) is 0.0821. The van der Waals surface area contributed by atoms with Gasteiger partial charge >= 0.3 is 5.97 Å². The van der Waals surface area contributed by atoms with Crippen LogP contribution < -0.4 is 0 Å². The van der Waals surface area contributed by atoms with Crippen LogP contribution in [0, 0.1) is 5.92 Å². The molecule has 0 aromatic carbocycles. The van der Waals surface area contributed by atoms with Crippen LogP contribution in [0.25, 0.3) is 0 Å². The predicted molar refractivity (Wildman–Crippen MR) is 152 cm³/mol. The van der Waals surface area contributed by atoms with E-state index in [9.17, 15) is 4.79 Å². The zero-order valence-electron chi connectivity index (χ0n) is 24.0. The van der Waals surface area contributed by atoms with Crippen molar-refractivity contribution in [2.75, 3.05) is 6.61 Å². The average molecular weight is 481 g/mol. The molecule has 0 saturated carbocycles. The fraction of sp³-hybridized carbons (Fsp3) is 0.969. The lowest BCUT2D eigenvalue weighted by Crippen LogP contribution is -2.12. The van der Waals surface area contributed by atoms with Gasteiger partial charge in [0.25, 0.3) is 0 Å². The van der Waals surface area contributed by atoms with Gasteiger partial charge < -0.3 is 4.74 Å². The van der Waals surface area contributed by atoms with E-state index >= 15 is 0 Å². The third-order valence-corrected chi connectivity index (χ3v) is 7.45. The van der Waals surface area contributed by atoms with E-state index < -0.39 is 0 Å². The monoisotopic (exact) mass is 480 g/mol. The molecule has 2 nitrogen and oxygen atoms in total. The summed E-state index contributed by atoms with van der Waals surface area (Å²) in [7, 11) is 0. The summed E-state index contributed by atoms with van der Waals surface area (Å²) >= 11 is 0. The number of ether oxygens (including phenoxy) is 1. The number of carbonyl (C=O) groups is 1. The lowest BCUT2D eigenvalue weighted by Gasteiger charge is -2.16. The summed E-state index contributed by atoms with van der Waals surface area (Å²) in [5, 5.41) is 0. The van der Waals surface area contributed by atoms with E-state index in [1.54, 1.807) is 0 Å². The van der Waals surface area contributed by atoms with Gasteiger partial charge in [-0.25, -0.2) is 0 Å². The summed E-state index contributed by atoms with van der Waals surface area (Å²) < 4.78 is 5.32. The van der Waals surface area contributed by atoms with E-state index in [-0.39, 0.29) is 5.97 Å². The second kappa shape index (κ2) is 28.7. The van der Waals surface area contributed by atoms with Crippen molar-refractivity contribution in [2.45, 2.75) is 188 Å². The highest BCUT2D eigenvalue weighted by Gasteiger charge is 2.10. The molecule has 0 N–H and O–H groups in total. The molecule has 0 spiro atoms. The molecule has 0 amide bonds. The topological polar surface area (TPSA) is 26.3 Å². The third-order valence-electron chi connectivity index (χ3n) is 7.45. The Labute approximate surface area is 215 Å². The Balaban J connectivity index is 3.36. The van der Waals surface area contributed by atoms with Gasteiger partial charge in [-0.2, -0.15) is 0 Å². The molecule has 0 aliphatic rings. The maximum atomic E-state index is 11.2. The standard InChI is InChI=1S/C32H64O2/c1-4-6-8-10-11-12-13-14-15-16-17-18-19-20-21-22-23-24-25-27-29-32(30-34-31(3)33)28-26-9-7-5-2/h32H,4-30H2,1-3H3. The number of carbonyl (C=O) groups excluding carboxylic acids is 1. The summed E-state index contributed by atoms with van der Waals surface area (Å²) in [6.45, 7) is 6.73. The number of hydrogen-bond acceptors (Lipinski definition) is 2. The van der Waals surface area contributed by atoms with Crippen molar-refractivity contribution >= 4 is 5.97 Å². The van der Waals surface area contributed by atoms with E-state index in [0.717, 1.165) is 0 Å². The van der Waals surface area contributed by atoms with Gasteiger partial charge in [-0.15, -0.1) is 0 Å². The molecule has 0 aliphatic carbocycles. The molecule has 1 unspecified atom stereocenters. The molecule has 0 aromatic heterocycles. The van der Waals surface area contributed by atoms with E-state index in [0.29, 0.717) is 12.5 Å². The minimum absolute atomic E-state index is 0.123. The minimum Gasteiger partial charge on any atom is -0.466 e. The summed E-state index contributed by atoms with van der Waals surface area (Å²) in [4.78, 5) is 11.2. The average Bonchev–Trinajstić information content (AvgIpc) is 2.83. The van der Waals surface area contributed by atoms with Crippen molar-refractivity contribution in [1.29, 1.82) is 0 Å². The fourth-order valence-electron chi connectivity index (χ4n) is 5.09. The first-order chi connectivity index (χ1) is 16.7. The highest BCUT2D eigenvalue weighted by Crippen LogP contribution is 2.20. The van der Waals surface area contributed by atoms with Gasteiger partial charge in [0.1, 0.15) is 0 Å². The van der Waals surface area contributed by atoms with E-state index in [4.69, 9.17) is 4.74 Å². The summed E-state index contributed by atoms with van der Waals surface area (Å²) in [6.07, 6.45) is 36.3. The molecule has 0 rings (SSSR count). The SMILES string of the molecule is CCCCCCCCCCCCCCCCCCCCCCC(CCCCCC)COC(C)=O. The van der Waals surface area contributed by atoms with Crippen LogP contribution in [0.2, 0.25) is 0 Å². The van der Waals surface area contributed by atoms with Crippen LogP contribution >= 0.6 is 0 Å². The first-order valence-electron chi connectivity index (χ1n) is 15.8. The largest absolute Gasteiger partial charge is 0.466 e. The van der Waals surface area contributed by atoms with Gasteiger partial charge in [-0.05, 0) is 18.8 Å². The zero-order valence-corrected chi connectivity index (χ0v) is 24.0. The smallest absolute Gasteiger partial charge is 0.302 e. The number of esters is 1. The lowest BCUT2D eigenvalue weighted by atomic mass is 9.95. The van der Waals surface area contributed by atoms with E-state index in [2.05, 4.69) is 13.8 Å². The predicted octanol–water partition coefficient (Wildman–Crippen LogP) is 11.3. The van der Waals surface area contributed by atoms with Gasteiger partial charge in [-0.1, -0.05) is 168 Å². The van der Waals surface area contributed by atoms with Crippen molar-refractivity contribution in [2.24, 2.45) is 5.92 Å². The van der Waals surface area contributed by atoms with Crippen LogP contribution in [0.15, 0.2) is 0 Å². The molecule has 0 aromatic rings. The van der Waals surface area contributed by atoms with Crippen LogP contribution in [-0.4, -0.2) is 12.6 Å². The van der Waals surface area contributed by atoms with Crippen molar-refractivity contribution in [1.82, 2.24) is 0 Å². The van der Waals surface area contributed by atoms with Gasteiger partial charge in [0.15, 0.2) is 0 Å². The number of rotatable bonds is 28. The molecule has 0 fully saturated rings. The van der Waals surface area contributed by atoms with Crippen molar-refractivity contribution < 1.29 is 9.53 Å². The first-order valence-corrected chi connectivity index (χ1v) is 15.8. The summed E-state index contributed by atoms with van der Waals surface area (Å²) in [5.74, 6) is 0.457. The van der Waals surface area contributed by atoms with Crippen LogP contribution in [0.4, 0.5) is 0 Å². The number of hydrogen-bond donors (Lipinski definition) is 0. The van der Waals surface area contributed by atoms with Crippen molar-refractivity contribution in [3.05, 3.63) is 0 Å². The molecule has 0 bridgehead atoms. The van der Waals surface area contributed by atoms with Gasteiger partial charge in [0, 0.05) is 6.92 Å². The highest BCUT2D eigenvalue weighted by molar-refractivity contribution is 5.65. The maximum absolute atomic E-state index is 11.2.